The number of amides is 2. The van der Waals surface area contributed by atoms with E-state index >= 15 is 0 Å². The third-order valence-corrected chi connectivity index (χ3v) is 10.2. The zero-order valence-corrected chi connectivity index (χ0v) is 32.1. The van der Waals surface area contributed by atoms with Crippen LogP contribution >= 0.6 is 34.8 Å². The molecule has 1 heterocycles. The number of halogens is 5. The van der Waals surface area contributed by atoms with Gasteiger partial charge in [0.05, 0.1) is 48.4 Å². The average molecular weight is 813 g/mol. The normalized spacial score (nSPS) is 15.5. The van der Waals surface area contributed by atoms with Crippen molar-refractivity contribution in [3.8, 4) is 5.75 Å². The molecule has 1 aliphatic heterocycles. The van der Waals surface area contributed by atoms with Gasteiger partial charge in [-0.15, -0.1) is 0 Å². The number of rotatable bonds is 17. The summed E-state index contributed by atoms with van der Waals surface area (Å²) in [6.07, 6.45) is 2.13. The second-order valence-electron chi connectivity index (χ2n) is 13.6. The van der Waals surface area contributed by atoms with E-state index in [0.717, 1.165) is 41.7 Å². The predicted octanol–water partition coefficient (Wildman–Crippen LogP) is 8.39. The van der Waals surface area contributed by atoms with E-state index in [4.69, 9.17) is 59.4 Å². The highest BCUT2D eigenvalue weighted by Gasteiger charge is 2.43. The van der Waals surface area contributed by atoms with Crippen LogP contribution in [0.15, 0.2) is 60.2 Å². The zero-order valence-electron chi connectivity index (χ0n) is 29.8. The van der Waals surface area contributed by atoms with Gasteiger partial charge in [0.15, 0.2) is 11.6 Å². The fourth-order valence-electron chi connectivity index (χ4n) is 6.43. The highest BCUT2D eigenvalue weighted by molar-refractivity contribution is 6.42. The van der Waals surface area contributed by atoms with Crippen molar-refractivity contribution in [1.29, 1.82) is 0 Å². The lowest BCUT2D eigenvalue weighted by Gasteiger charge is -2.42. The Morgan fingerprint density at radius 1 is 0.907 bits per heavy atom. The van der Waals surface area contributed by atoms with E-state index in [1.807, 2.05) is 44.2 Å². The number of carbonyl (C=O) groups is 2. The van der Waals surface area contributed by atoms with Crippen molar-refractivity contribution in [3.63, 3.8) is 0 Å². The molecule has 2 N–H and O–H groups in total. The lowest BCUT2D eigenvalue weighted by molar-refractivity contribution is -0.493. The fourth-order valence-corrected chi connectivity index (χ4v) is 7.02. The number of aryl methyl sites for hydroxylation is 1. The molecule has 292 valence electrons. The minimum Gasteiger partial charge on any atom is -0.489 e. The molecule has 0 saturated heterocycles. The highest BCUT2D eigenvalue weighted by atomic mass is 35.5. The van der Waals surface area contributed by atoms with E-state index in [9.17, 15) is 18.4 Å². The van der Waals surface area contributed by atoms with Crippen LogP contribution in [0.3, 0.4) is 0 Å². The molecule has 5 rings (SSSR count). The van der Waals surface area contributed by atoms with Crippen LogP contribution in [0.25, 0.3) is 5.57 Å². The van der Waals surface area contributed by atoms with Gasteiger partial charge in [-0.3, -0.25) is 15.2 Å². The maximum absolute atomic E-state index is 14.7. The molecular formula is C38H42Cl3F2N3O8. The van der Waals surface area contributed by atoms with Crippen LogP contribution in [0.1, 0.15) is 49.8 Å². The number of nitrogens with zero attached hydrogens (tertiary/aromatic N) is 3. The average Bonchev–Trinajstić information content (AvgIpc) is 3.98. The van der Waals surface area contributed by atoms with Gasteiger partial charge in [0, 0.05) is 30.1 Å². The van der Waals surface area contributed by atoms with E-state index in [-0.39, 0.29) is 70.4 Å². The Morgan fingerprint density at radius 2 is 1.61 bits per heavy atom. The van der Waals surface area contributed by atoms with Crippen molar-refractivity contribution < 1.29 is 47.8 Å². The van der Waals surface area contributed by atoms with Gasteiger partial charge < -0.3 is 24.0 Å². The van der Waals surface area contributed by atoms with E-state index in [1.54, 1.807) is 17.0 Å². The van der Waals surface area contributed by atoms with Crippen LogP contribution in [-0.2, 0) is 32.1 Å². The molecule has 2 amide bonds. The topological polar surface area (TPSA) is 121 Å². The molecular weight excluding hydrogens is 771 g/mol. The molecule has 2 aliphatic rings. The Labute approximate surface area is 327 Å². The summed E-state index contributed by atoms with van der Waals surface area (Å²) in [4.78, 5) is 35.9. The summed E-state index contributed by atoms with van der Waals surface area (Å²) in [5.41, 5.74) is 3.06. The van der Waals surface area contributed by atoms with E-state index in [0.29, 0.717) is 34.0 Å². The number of hydrogen-bond donors (Lipinski definition) is 2. The quantitative estimate of drug-likeness (QED) is 0.0787. The molecule has 1 fully saturated rings. The first-order chi connectivity index (χ1) is 25.8. The Morgan fingerprint density at radius 3 is 2.31 bits per heavy atom. The number of benzene rings is 3. The smallest absolute Gasteiger partial charge is 0.410 e. The van der Waals surface area contributed by atoms with Crippen molar-refractivity contribution in [2.24, 2.45) is 5.41 Å². The molecule has 3 aromatic rings. The first-order valence-corrected chi connectivity index (χ1v) is 18.5. The second-order valence-corrected chi connectivity index (χ2v) is 14.8. The third kappa shape index (κ3) is 10.8. The SMILES string of the molecule is CC1(C)CN(C(=O)OCCOCCON(O)O)CC(C(=O)N(Cc2cccc(Cl)c2Cl)C2CC2)=C1c1ccc(CCCOc2c(F)ccc(F)c2Cl)cc1. The lowest BCUT2D eigenvalue weighted by atomic mass is 9.74. The van der Waals surface area contributed by atoms with Crippen LogP contribution in [0, 0.1) is 17.0 Å². The maximum Gasteiger partial charge on any atom is 0.410 e. The summed E-state index contributed by atoms with van der Waals surface area (Å²) < 4.78 is 44.2. The molecule has 1 saturated carbocycles. The maximum atomic E-state index is 14.7. The Bertz CT molecular complexity index is 1830. The minimum atomic E-state index is -0.761. The molecule has 16 heteroatoms. The van der Waals surface area contributed by atoms with Crippen LogP contribution in [0.2, 0.25) is 15.1 Å². The van der Waals surface area contributed by atoms with Crippen LogP contribution in [-0.4, -0.2) is 89.8 Å². The van der Waals surface area contributed by atoms with Crippen molar-refractivity contribution in [2.45, 2.75) is 52.1 Å². The molecule has 3 aromatic carbocycles. The highest BCUT2D eigenvalue weighted by Crippen LogP contribution is 2.44. The minimum absolute atomic E-state index is 0.00124. The molecule has 0 bridgehead atoms. The summed E-state index contributed by atoms with van der Waals surface area (Å²) in [5.74, 6) is -2.03. The standard InChI is InChI=1S/C38H42Cl3F2N3O8/c1-38(2)23-44(37(48)53-19-17-51-18-20-54-46(49)50)22-28(36(47)45(27-12-13-27)21-26-6-3-7-29(39)33(26)40)32(38)25-10-8-24(9-11-25)5-4-16-52-35-31(43)15-14-30(42)34(35)41/h3,6-11,14-15,27,49-50H,4-5,12-13,16-23H2,1-2H3. The van der Waals surface area contributed by atoms with Gasteiger partial charge in [-0.25, -0.2) is 18.4 Å². The van der Waals surface area contributed by atoms with Crippen molar-refractivity contribution in [1.82, 2.24) is 15.2 Å². The largest absolute Gasteiger partial charge is 0.489 e. The van der Waals surface area contributed by atoms with Crippen LogP contribution in [0.5, 0.6) is 5.75 Å². The summed E-state index contributed by atoms with van der Waals surface area (Å²) in [6, 6.07) is 15.0. The molecule has 0 radical (unpaired) electrons. The van der Waals surface area contributed by atoms with Gasteiger partial charge in [-0.2, -0.15) is 0 Å². The Kier molecular flexibility index (Phi) is 14.6. The predicted molar refractivity (Wildman–Crippen MR) is 197 cm³/mol. The first kappa shape index (κ1) is 41.6. The van der Waals surface area contributed by atoms with Crippen molar-refractivity contribution >= 4 is 52.4 Å². The number of carbonyl (C=O) groups excluding carboxylic acids is 2. The van der Waals surface area contributed by atoms with Crippen LogP contribution < -0.4 is 4.74 Å². The molecule has 0 atom stereocenters. The molecule has 0 unspecified atom stereocenters. The first-order valence-electron chi connectivity index (χ1n) is 17.4. The van der Waals surface area contributed by atoms with E-state index < -0.39 is 33.6 Å². The Hall–Kier alpha value is -3.53. The third-order valence-electron chi connectivity index (χ3n) is 9.04. The zero-order chi connectivity index (χ0) is 39.0. The Balaban J connectivity index is 1.35. The van der Waals surface area contributed by atoms with Crippen molar-refractivity contribution in [2.75, 3.05) is 46.1 Å². The van der Waals surface area contributed by atoms with E-state index in [1.165, 1.54) is 4.90 Å². The van der Waals surface area contributed by atoms with Crippen molar-refractivity contribution in [3.05, 3.63) is 104 Å². The molecule has 0 spiro atoms. The molecule has 54 heavy (non-hydrogen) atoms. The summed E-state index contributed by atoms with van der Waals surface area (Å²) in [7, 11) is 0. The molecule has 1 aliphatic carbocycles. The molecule has 0 aromatic heterocycles. The summed E-state index contributed by atoms with van der Waals surface area (Å²) >= 11 is 18.8. The fraction of sp³-hybridized carbons (Fsp3) is 0.421. The summed E-state index contributed by atoms with van der Waals surface area (Å²) in [5, 5.41) is 17.2. The number of hydrogen-bond acceptors (Lipinski definition) is 9. The molecule has 11 nitrogen and oxygen atoms in total. The van der Waals surface area contributed by atoms with Gasteiger partial charge in [-0.1, -0.05) is 85.0 Å². The number of ether oxygens (including phenoxy) is 3. The van der Waals surface area contributed by atoms with Crippen LogP contribution in [0.4, 0.5) is 13.6 Å². The lowest BCUT2D eigenvalue weighted by Crippen LogP contribution is -2.48. The van der Waals surface area contributed by atoms with Gasteiger partial charge in [0.1, 0.15) is 17.4 Å². The monoisotopic (exact) mass is 811 g/mol. The second kappa shape index (κ2) is 18.9. The van der Waals surface area contributed by atoms with Gasteiger partial charge in [-0.05, 0) is 66.1 Å². The summed E-state index contributed by atoms with van der Waals surface area (Å²) in [6.45, 7) is 4.43. The van der Waals surface area contributed by atoms with Gasteiger partial charge in [0.2, 0.25) is 0 Å². The van der Waals surface area contributed by atoms with E-state index in [2.05, 4.69) is 4.84 Å². The van der Waals surface area contributed by atoms with Gasteiger partial charge >= 0.3 is 6.09 Å². The van der Waals surface area contributed by atoms with Gasteiger partial charge in [0.25, 0.3) is 5.91 Å².